The molecule has 85 heavy (non-hydrogen) atoms. The highest BCUT2D eigenvalue weighted by atomic mass is 15.2. The lowest BCUT2D eigenvalue weighted by Crippen LogP contribution is -2.61. The van der Waals surface area contributed by atoms with Gasteiger partial charge in [-0.25, -0.2) is 0 Å². The molecule has 0 fully saturated rings. The number of rotatable bonds is 7. The molecular weight excluding hydrogens is 1030 g/mol. The summed E-state index contributed by atoms with van der Waals surface area (Å²) in [5, 5.41) is -1.37. The van der Waals surface area contributed by atoms with Gasteiger partial charge in [-0.15, -0.1) is 0 Å². The molecule has 0 saturated heterocycles. The van der Waals surface area contributed by atoms with Crippen LogP contribution in [0.2, 0.25) is 0 Å². The van der Waals surface area contributed by atoms with Crippen molar-refractivity contribution in [3.63, 3.8) is 0 Å². The van der Waals surface area contributed by atoms with Crippen LogP contribution in [0.15, 0.2) is 272 Å². The van der Waals surface area contributed by atoms with Crippen LogP contribution in [0.4, 0.5) is 34.1 Å². The van der Waals surface area contributed by atoms with E-state index in [9.17, 15) is 19.2 Å². The number of para-hydroxylation sites is 6. The zero-order valence-corrected chi connectivity index (χ0v) is 47.1. The predicted molar refractivity (Wildman–Crippen MR) is 363 cm³/mol. The van der Waals surface area contributed by atoms with Crippen LogP contribution in [-0.4, -0.2) is 15.8 Å². The summed E-state index contributed by atoms with van der Waals surface area (Å²) in [6, 6.07) is 28.3. The molecule has 0 amide bonds. The van der Waals surface area contributed by atoms with E-state index >= 15 is 0 Å². The highest BCUT2D eigenvalue weighted by Gasteiger charge is 2.45. The van der Waals surface area contributed by atoms with E-state index in [0.717, 1.165) is 20.3 Å². The first-order valence-electron chi connectivity index (χ1n) is 39.2. The topological polar surface area (TPSA) is 16.3 Å². The Morgan fingerprint density at radius 2 is 0.694 bits per heavy atom. The largest absolute Gasteiger partial charge is 0.311 e. The normalized spacial score (nSPS) is 16.6. The van der Waals surface area contributed by atoms with Crippen LogP contribution in [0.5, 0.6) is 0 Å². The van der Waals surface area contributed by atoms with Gasteiger partial charge in [0.05, 0.1) is 63.6 Å². The molecule has 2 aliphatic rings. The molecule has 0 aliphatic carbocycles. The third kappa shape index (κ3) is 8.05. The zero-order valence-electron chi connectivity index (χ0n) is 69.1. The van der Waals surface area contributed by atoms with E-state index in [2.05, 4.69) is 41.5 Å². The second kappa shape index (κ2) is 19.2. The van der Waals surface area contributed by atoms with Gasteiger partial charge in [0.2, 0.25) is 0 Å². The van der Waals surface area contributed by atoms with Crippen molar-refractivity contribution >= 4 is 101 Å². The highest BCUT2D eigenvalue weighted by Crippen LogP contribution is 2.51. The minimum Gasteiger partial charge on any atom is -0.311 e. The molecule has 0 atom stereocenters. The number of anilines is 6. The van der Waals surface area contributed by atoms with Crippen molar-refractivity contribution < 1.29 is 30.2 Å². The van der Waals surface area contributed by atoms with Gasteiger partial charge >= 0.3 is 0 Å². The van der Waals surface area contributed by atoms with Gasteiger partial charge in [0, 0.05) is 66.8 Å². The summed E-state index contributed by atoms with van der Waals surface area (Å²) in [7, 11) is 0. The lowest BCUT2D eigenvalue weighted by Gasteiger charge is -2.45. The standard InChI is InChI=1S/C80H63BN4/c1-79(2,3)56-40-36-53(37-41-56)60-24-10-16-30-68(60)84-74-50-58(82-70-32-18-12-26-62(70)63-27-13-19-33-71(63)82)44-46-66(74)81-67-47-45-59(83-72-34-20-14-28-64(72)65-29-15-21-35-73(65)83)51-75(67)85(77-49-55(48-76(84)78(77)81)52-22-8-7-9-23-52)69-31-17-11-25-61(69)54-38-42-57(43-39-54)80(4,5)6/h7-51H,1-6H3/i12D,13D,14D,15D,18D,19D,20D,21D,26D,27D,28D,29D,32D,33D,34D,35D,44D,45D,46D,47D,50D,51D. The number of hydrogen-bond acceptors (Lipinski definition) is 2. The van der Waals surface area contributed by atoms with Crippen LogP contribution < -0.4 is 26.2 Å². The Hall–Kier alpha value is -10.1. The Kier molecular flexibility index (Phi) is 7.39. The van der Waals surface area contributed by atoms with Crippen molar-refractivity contribution in [2.75, 3.05) is 9.80 Å². The first-order chi connectivity index (χ1) is 50.6. The fourth-order valence-electron chi connectivity index (χ4n) is 12.5. The Labute approximate surface area is 529 Å². The highest BCUT2D eigenvalue weighted by molar-refractivity contribution is 7.00. The summed E-state index contributed by atoms with van der Waals surface area (Å²) >= 11 is 0. The van der Waals surface area contributed by atoms with Crippen molar-refractivity contribution in [1.29, 1.82) is 0 Å². The van der Waals surface area contributed by atoms with Crippen LogP contribution in [0.3, 0.4) is 0 Å². The Bertz CT molecular complexity index is 5810. The predicted octanol–water partition coefficient (Wildman–Crippen LogP) is 19.6. The fraction of sp³-hybridized carbons (Fsp3) is 0.100. The average molecular weight is 1110 g/mol. The summed E-state index contributed by atoms with van der Waals surface area (Å²) in [4.78, 5) is 3.57. The molecule has 5 heteroatoms. The van der Waals surface area contributed by atoms with Gasteiger partial charge in [0.1, 0.15) is 0 Å². The molecule has 14 aromatic rings. The van der Waals surface area contributed by atoms with E-state index < -0.39 is 173 Å². The maximum Gasteiger partial charge on any atom is 0.252 e. The van der Waals surface area contributed by atoms with Crippen molar-refractivity contribution in [3.8, 4) is 44.8 Å². The maximum absolute atomic E-state index is 11.3. The van der Waals surface area contributed by atoms with E-state index in [1.54, 1.807) is 21.9 Å². The lowest BCUT2D eigenvalue weighted by atomic mass is 9.33. The Balaban J connectivity index is 1.14. The number of aromatic nitrogens is 2. The van der Waals surface area contributed by atoms with Crippen molar-refractivity contribution in [2.24, 2.45) is 0 Å². The van der Waals surface area contributed by atoms with Crippen LogP contribution in [0, 0.1) is 0 Å². The van der Waals surface area contributed by atoms with E-state index in [-0.39, 0.29) is 54.7 Å². The smallest absolute Gasteiger partial charge is 0.252 e. The summed E-state index contributed by atoms with van der Waals surface area (Å²) < 4.78 is 216. The molecule has 2 aliphatic heterocycles. The van der Waals surface area contributed by atoms with Crippen molar-refractivity contribution in [3.05, 3.63) is 284 Å². The van der Waals surface area contributed by atoms with E-state index in [0.29, 0.717) is 61.6 Å². The number of nitrogens with zero attached hydrogens (tertiary/aromatic N) is 4. The molecule has 0 unspecified atom stereocenters. The SMILES string of the molecule is [2H]c1c([2H])c(-n2c3c([2H])c([2H])c([2H])c([2H])c3c3c([2H])c([2H])c([2H])c([2H])c32)c([2H])c2c1B1c3c(cc(-c4ccccc4)cc3N(c3ccccc3-c3ccc(C(C)(C)C)cc3)c3c([2H])c(-n4c5c([2H])c([2H])c([2H])c([2H])c5c5c([2H])c([2H])c([2H])c([2H])c54)c([2H])c([2H])c31)N2c1ccccc1-c1ccc(C(C)(C)C)cc1. The third-order valence-electron chi connectivity index (χ3n) is 16.6. The summed E-state index contributed by atoms with van der Waals surface area (Å²) in [6.07, 6.45) is 0. The van der Waals surface area contributed by atoms with E-state index in [1.807, 2.05) is 127 Å². The van der Waals surface area contributed by atoms with Gasteiger partial charge in [-0.05, 0) is 133 Å². The van der Waals surface area contributed by atoms with E-state index in [4.69, 9.17) is 11.0 Å². The first-order valence-corrected chi connectivity index (χ1v) is 28.2. The van der Waals surface area contributed by atoms with Crippen molar-refractivity contribution in [1.82, 2.24) is 9.13 Å². The van der Waals surface area contributed by atoms with Gasteiger partial charge < -0.3 is 18.9 Å². The maximum atomic E-state index is 11.3. The first kappa shape index (κ1) is 32.7. The van der Waals surface area contributed by atoms with Gasteiger partial charge in [-0.2, -0.15) is 0 Å². The molecule has 0 saturated carbocycles. The summed E-state index contributed by atoms with van der Waals surface area (Å²) in [6.45, 7) is 11.0. The summed E-state index contributed by atoms with van der Waals surface area (Å²) in [5.74, 6) is 0. The second-order valence-electron chi connectivity index (χ2n) is 23.6. The quantitative estimate of drug-likeness (QED) is 0.148. The molecule has 4 nitrogen and oxygen atoms in total. The minimum atomic E-state index is -1.57. The molecule has 4 heterocycles. The number of benzene rings is 12. The van der Waals surface area contributed by atoms with E-state index in [1.165, 1.54) is 0 Å². The molecular formula is C80H63BN4. The Morgan fingerprint density at radius 1 is 0.329 bits per heavy atom. The zero-order chi connectivity index (χ0) is 76.4. The molecule has 2 aromatic heterocycles. The third-order valence-corrected chi connectivity index (χ3v) is 16.6. The minimum absolute atomic E-state index is 0.139. The van der Waals surface area contributed by atoms with Gasteiger partial charge in [-0.3, -0.25) is 0 Å². The van der Waals surface area contributed by atoms with Crippen LogP contribution in [-0.2, 0) is 10.8 Å². The monoisotopic (exact) mass is 1110 g/mol. The number of fused-ring (bicyclic) bond motifs is 10. The summed E-state index contributed by atoms with van der Waals surface area (Å²) in [5.41, 5.74) is 3.67. The molecule has 12 aromatic carbocycles. The average Bonchev–Trinajstić information content (AvgIpc) is 1.68. The molecule has 0 radical (unpaired) electrons. The molecule has 0 N–H and O–H groups in total. The molecule has 0 spiro atoms. The number of hydrogen-bond donors (Lipinski definition) is 0. The fourth-order valence-corrected chi connectivity index (χ4v) is 12.5. The van der Waals surface area contributed by atoms with Crippen LogP contribution in [0.25, 0.3) is 88.4 Å². The van der Waals surface area contributed by atoms with Crippen LogP contribution >= 0.6 is 0 Å². The van der Waals surface area contributed by atoms with Crippen molar-refractivity contribution in [2.45, 2.75) is 52.4 Å². The molecule has 0 bridgehead atoms. The Morgan fingerprint density at radius 3 is 1.08 bits per heavy atom. The van der Waals surface area contributed by atoms with Crippen LogP contribution in [0.1, 0.15) is 82.8 Å². The second-order valence-corrected chi connectivity index (χ2v) is 23.6. The van der Waals surface area contributed by atoms with Gasteiger partial charge in [0.15, 0.2) is 0 Å². The lowest BCUT2D eigenvalue weighted by molar-refractivity contribution is 0.590. The molecule has 16 rings (SSSR count). The van der Waals surface area contributed by atoms with Gasteiger partial charge in [-0.1, -0.05) is 241 Å². The van der Waals surface area contributed by atoms with Gasteiger partial charge in [0.25, 0.3) is 6.71 Å². The molecule has 406 valence electrons.